The van der Waals surface area contributed by atoms with Crippen LogP contribution in [0, 0.1) is 5.92 Å². The quantitative estimate of drug-likeness (QED) is 0.931. The van der Waals surface area contributed by atoms with E-state index in [-0.39, 0.29) is 18.1 Å². The number of rotatable bonds is 4. The summed E-state index contributed by atoms with van der Waals surface area (Å²) in [5.74, 6) is 1.47. The molecule has 1 aromatic heterocycles. The standard InChI is InChI=1S/C20H20N2O3/c23-20(13-5-7-21-17(10-13)25-14-6-8-24-11-14)22-19-16-9-12-3-1-2-4-15(12)18(16)19/h1-5,7,10,14,16,18-19H,6,8-9,11H2,(H,22,23)/t14-,16-,18-,19-/m1/s1. The van der Waals surface area contributed by atoms with Crippen LogP contribution >= 0.6 is 0 Å². The van der Waals surface area contributed by atoms with Crippen LogP contribution in [0.3, 0.4) is 0 Å². The molecule has 2 aromatic rings. The summed E-state index contributed by atoms with van der Waals surface area (Å²) in [6.45, 7) is 1.31. The van der Waals surface area contributed by atoms with Gasteiger partial charge in [-0.25, -0.2) is 4.98 Å². The van der Waals surface area contributed by atoms with Crippen molar-refractivity contribution in [1.29, 1.82) is 0 Å². The molecular weight excluding hydrogens is 316 g/mol. The molecule has 0 unspecified atom stereocenters. The molecule has 1 saturated carbocycles. The zero-order valence-electron chi connectivity index (χ0n) is 13.9. The van der Waals surface area contributed by atoms with Crippen LogP contribution in [0.2, 0.25) is 0 Å². The predicted octanol–water partition coefficient (Wildman–Crippen LogP) is 2.32. The number of hydrogen-bond donors (Lipinski definition) is 1. The molecule has 3 aliphatic rings. The minimum absolute atomic E-state index is 0.0325. The smallest absolute Gasteiger partial charge is 0.251 e. The summed E-state index contributed by atoms with van der Waals surface area (Å²) < 4.78 is 11.1. The van der Waals surface area contributed by atoms with Crippen molar-refractivity contribution in [2.45, 2.75) is 30.9 Å². The Kier molecular flexibility index (Phi) is 3.48. The minimum Gasteiger partial charge on any atom is -0.472 e. The summed E-state index contributed by atoms with van der Waals surface area (Å²) >= 11 is 0. The number of amides is 1. The second-order valence-electron chi connectivity index (χ2n) is 7.08. The van der Waals surface area contributed by atoms with Crippen molar-refractivity contribution in [2.24, 2.45) is 5.92 Å². The summed E-state index contributed by atoms with van der Waals surface area (Å²) in [6.07, 6.45) is 3.59. The number of nitrogens with zero attached hydrogens (tertiary/aromatic N) is 1. The molecule has 1 amide bonds. The SMILES string of the molecule is O=C(N[C@@H]1[C@@H]2Cc3ccccc3[C@H]21)c1ccnc(O[C@@H]2CCOC2)c1. The molecule has 5 nitrogen and oxygen atoms in total. The van der Waals surface area contributed by atoms with Crippen LogP contribution in [0.4, 0.5) is 0 Å². The molecule has 128 valence electrons. The number of carbonyl (C=O) groups is 1. The third-order valence-electron chi connectivity index (χ3n) is 5.51. The number of benzene rings is 1. The molecule has 2 heterocycles. The van der Waals surface area contributed by atoms with Crippen LogP contribution in [0.1, 0.15) is 33.8 Å². The summed E-state index contributed by atoms with van der Waals surface area (Å²) in [5, 5.41) is 3.19. The number of aromatic nitrogens is 1. The van der Waals surface area contributed by atoms with Crippen LogP contribution in [-0.4, -0.2) is 36.3 Å². The first-order valence-electron chi connectivity index (χ1n) is 8.89. The van der Waals surface area contributed by atoms with E-state index < -0.39 is 0 Å². The molecule has 25 heavy (non-hydrogen) atoms. The molecule has 4 atom stereocenters. The molecule has 5 rings (SSSR count). The molecule has 1 saturated heterocycles. The van der Waals surface area contributed by atoms with Crippen molar-refractivity contribution in [3.8, 4) is 5.88 Å². The number of fused-ring (bicyclic) bond motifs is 3. The summed E-state index contributed by atoms with van der Waals surface area (Å²) in [7, 11) is 0. The average molecular weight is 336 g/mol. The zero-order valence-corrected chi connectivity index (χ0v) is 13.9. The maximum absolute atomic E-state index is 12.6. The van der Waals surface area contributed by atoms with Crippen molar-refractivity contribution in [3.05, 3.63) is 59.3 Å². The monoisotopic (exact) mass is 336 g/mol. The zero-order chi connectivity index (χ0) is 16.8. The normalized spacial score (nSPS) is 29.0. The predicted molar refractivity (Wildman–Crippen MR) is 91.7 cm³/mol. The number of pyridine rings is 1. The topological polar surface area (TPSA) is 60.5 Å². The maximum Gasteiger partial charge on any atom is 0.251 e. The molecule has 0 radical (unpaired) electrons. The fourth-order valence-electron chi connectivity index (χ4n) is 4.17. The van der Waals surface area contributed by atoms with Gasteiger partial charge >= 0.3 is 0 Å². The highest BCUT2D eigenvalue weighted by molar-refractivity contribution is 5.95. The van der Waals surface area contributed by atoms with Crippen LogP contribution in [-0.2, 0) is 11.2 Å². The van der Waals surface area contributed by atoms with Gasteiger partial charge in [0.1, 0.15) is 6.10 Å². The molecule has 0 spiro atoms. The van der Waals surface area contributed by atoms with Crippen molar-refractivity contribution in [3.63, 3.8) is 0 Å². The van der Waals surface area contributed by atoms with Gasteiger partial charge in [-0.05, 0) is 29.5 Å². The van der Waals surface area contributed by atoms with Crippen LogP contribution in [0.15, 0.2) is 42.6 Å². The second kappa shape index (κ2) is 5.85. The molecule has 0 bridgehead atoms. The molecular formula is C20H20N2O3. The van der Waals surface area contributed by atoms with Gasteiger partial charge in [-0.3, -0.25) is 4.79 Å². The molecule has 1 aromatic carbocycles. The number of hydrogen-bond acceptors (Lipinski definition) is 4. The second-order valence-corrected chi connectivity index (χ2v) is 7.08. The summed E-state index contributed by atoms with van der Waals surface area (Å²) in [4.78, 5) is 16.8. The number of nitrogens with one attached hydrogen (secondary N) is 1. The first kappa shape index (κ1) is 14.9. The third kappa shape index (κ3) is 2.68. The Labute approximate surface area is 146 Å². The Hall–Kier alpha value is -2.40. The van der Waals surface area contributed by atoms with Crippen LogP contribution < -0.4 is 10.1 Å². The highest BCUT2D eigenvalue weighted by Gasteiger charge is 2.56. The Morgan fingerprint density at radius 2 is 2.20 bits per heavy atom. The van der Waals surface area contributed by atoms with Gasteiger partial charge in [-0.1, -0.05) is 24.3 Å². The third-order valence-corrected chi connectivity index (χ3v) is 5.51. The average Bonchev–Trinajstić information content (AvgIpc) is 3.01. The van der Waals surface area contributed by atoms with Crippen LogP contribution in [0.25, 0.3) is 0 Å². The molecule has 5 heteroatoms. The van der Waals surface area contributed by atoms with Crippen molar-refractivity contribution < 1.29 is 14.3 Å². The molecule has 2 aliphatic carbocycles. The van der Waals surface area contributed by atoms with Gasteiger partial charge in [0.25, 0.3) is 5.91 Å². The fourth-order valence-corrected chi connectivity index (χ4v) is 4.17. The van der Waals surface area contributed by atoms with Gasteiger partial charge in [0.15, 0.2) is 0 Å². The lowest BCUT2D eigenvalue weighted by Gasteiger charge is -2.12. The van der Waals surface area contributed by atoms with E-state index in [0.29, 0.717) is 29.9 Å². The van der Waals surface area contributed by atoms with E-state index in [1.54, 1.807) is 18.3 Å². The van der Waals surface area contributed by atoms with E-state index in [0.717, 1.165) is 19.4 Å². The Morgan fingerprint density at radius 3 is 3.08 bits per heavy atom. The van der Waals surface area contributed by atoms with E-state index in [2.05, 4.69) is 34.6 Å². The first-order chi connectivity index (χ1) is 12.3. The lowest BCUT2D eigenvalue weighted by Crippen LogP contribution is -2.29. The van der Waals surface area contributed by atoms with Crippen molar-refractivity contribution >= 4 is 5.91 Å². The van der Waals surface area contributed by atoms with E-state index in [4.69, 9.17) is 9.47 Å². The van der Waals surface area contributed by atoms with E-state index in [9.17, 15) is 4.79 Å². The Balaban J connectivity index is 1.25. The highest BCUT2D eigenvalue weighted by atomic mass is 16.5. The van der Waals surface area contributed by atoms with Gasteiger partial charge < -0.3 is 14.8 Å². The fraction of sp³-hybridized carbons (Fsp3) is 0.400. The van der Waals surface area contributed by atoms with Gasteiger partial charge in [0.05, 0.1) is 13.2 Å². The van der Waals surface area contributed by atoms with E-state index in [1.807, 2.05) is 0 Å². The number of ether oxygens (including phenoxy) is 2. The Morgan fingerprint density at radius 1 is 1.28 bits per heavy atom. The largest absolute Gasteiger partial charge is 0.472 e. The lowest BCUT2D eigenvalue weighted by molar-refractivity contribution is 0.0946. The molecule has 1 aliphatic heterocycles. The van der Waals surface area contributed by atoms with E-state index in [1.165, 1.54) is 11.1 Å². The Bertz CT molecular complexity index is 816. The molecule has 2 fully saturated rings. The van der Waals surface area contributed by atoms with Crippen molar-refractivity contribution in [2.75, 3.05) is 13.2 Å². The summed E-state index contributed by atoms with van der Waals surface area (Å²) in [5.41, 5.74) is 3.43. The number of carbonyl (C=O) groups excluding carboxylic acids is 1. The van der Waals surface area contributed by atoms with Gasteiger partial charge in [0, 0.05) is 36.2 Å². The summed E-state index contributed by atoms with van der Waals surface area (Å²) in [6, 6.07) is 12.3. The highest BCUT2D eigenvalue weighted by Crippen LogP contribution is 2.56. The van der Waals surface area contributed by atoms with Gasteiger partial charge in [-0.2, -0.15) is 0 Å². The lowest BCUT2D eigenvalue weighted by atomic mass is 10.1. The van der Waals surface area contributed by atoms with E-state index >= 15 is 0 Å². The van der Waals surface area contributed by atoms with Crippen LogP contribution in [0.5, 0.6) is 5.88 Å². The molecule has 1 N–H and O–H groups in total. The first-order valence-corrected chi connectivity index (χ1v) is 8.89. The van der Waals surface area contributed by atoms with Crippen molar-refractivity contribution in [1.82, 2.24) is 10.3 Å². The van der Waals surface area contributed by atoms with Gasteiger partial charge in [0.2, 0.25) is 5.88 Å². The minimum atomic E-state index is -0.0493. The maximum atomic E-state index is 12.6. The van der Waals surface area contributed by atoms with Gasteiger partial charge in [-0.15, -0.1) is 0 Å².